The van der Waals surface area contributed by atoms with E-state index in [9.17, 15) is 4.79 Å². The average molecular weight is 253 g/mol. The van der Waals surface area contributed by atoms with Gasteiger partial charge in [0.1, 0.15) is 5.82 Å². The molecule has 1 aromatic carbocycles. The molecule has 19 heavy (non-hydrogen) atoms. The van der Waals surface area contributed by atoms with Gasteiger partial charge in [-0.1, -0.05) is 18.2 Å². The first-order chi connectivity index (χ1) is 9.16. The Hall–Kier alpha value is -2.23. The fourth-order valence-electron chi connectivity index (χ4n) is 2.49. The number of aryl methyl sites for hydroxylation is 2. The Morgan fingerprint density at radius 1 is 1.26 bits per heavy atom. The van der Waals surface area contributed by atoms with Crippen LogP contribution in [0.25, 0.3) is 0 Å². The smallest absolute Gasteiger partial charge is 0.261 e. The topological polar surface area (TPSA) is 46.1 Å². The van der Waals surface area contributed by atoms with E-state index in [0.29, 0.717) is 11.4 Å². The molecule has 1 aliphatic rings. The number of nitrogens with zero attached hydrogens (tertiary/aromatic N) is 3. The van der Waals surface area contributed by atoms with Gasteiger partial charge in [-0.25, -0.2) is 9.97 Å². The highest BCUT2D eigenvalue weighted by Gasteiger charge is 2.26. The van der Waals surface area contributed by atoms with Crippen molar-refractivity contribution in [2.75, 3.05) is 11.4 Å². The van der Waals surface area contributed by atoms with Crippen molar-refractivity contribution in [1.29, 1.82) is 0 Å². The summed E-state index contributed by atoms with van der Waals surface area (Å²) >= 11 is 0. The zero-order chi connectivity index (χ0) is 13.4. The van der Waals surface area contributed by atoms with E-state index < -0.39 is 0 Å². The zero-order valence-electron chi connectivity index (χ0n) is 11.1. The van der Waals surface area contributed by atoms with Crippen LogP contribution in [0, 0.1) is 13.8 Å². The highest BCUT2D eigenvalue weighted by Crippen LogP contribution is 2.29. The molecular weight excluding hydrogens is 238 g/mol. The Labute approximate surface area is 112 Å². The number of anilines is 1. The quantitative estimate of drug-likeness (QED) is 0.783. The molecule has 0 radical (unpaired) electrons. The predicted molar refractivity (Wildman–Crippen MR) is 73.3 cm³/mol. The number of aromatic nitrogens is 2. The third-order valence-corrected chi connectivity index (χ3v) is 3.46. The fraction of sp³-hybridized carbons (Fsp3) is 0.267. The standard InChI is InChI=1S/C15H15N3O/c1-10-13(9-16-11(2)17-10)15(19)18-8-7-12-5-3-4-6-14(12)18/h3-6,9H,7-8H2,1-2H3. The summed E-state index contributed by atoms with van der Waals surface area (Å²) in [5.41, 5.74) is 3.55. The number of amides is 1. The van der Waals surface area contributed by atoms with Crippen molar-refractivity contribution in [2.45, 2.75) is 20.3 Å². The van der Waals surface area contributed by atoms with E-state index in [2.05, 4.69) is 16.0 Å². The number of benzene rings is 1. The van der Waals surface area contributed by atoms with Crippen molar-refractivity contribution < 1.29 is 4.79 Å². The van der Waals surface area contributed by atoms with E-state index in [4.69, 9.17) is 0 Å². The van der Waals surface area contributed by atoms with Crippen LogP contribution in [0.2, 0.25) is 0 Å². The van der Waals surface area contributed by atoms with E-state index in [1.165, 1.54) is 5.56 Å². The summed E-state index contributed by atoms with van der Waals surface area (Å²) in [6, 6.07) is 8.03. The zero-order valence-corrected chi connectivity index (χ0v) is 11.1. The molecule has 2 heterocycles. The van der Waals surface area contributed by atoms with Crippen molar-refractivity contribution in [3.63, 3.8) is 0 Å². The minimum atomic E-state index is -0.0116. The van der Waals surface area contributed by atoms with E-state index in [1.807, 2.05) is 36.9 Å². The second-order valence-corrected chi connectivity index (χ2v) is 4.75. The second kappa shape index (κ2) is 4.46. The first-order valence-corrected chi connectivity index (χ1v) is 6.37. The second-order valence-electron chi connectivity index (χ2n) is 4.75. The van der Waals surface area contributed by atoms with Crippen LogP contribution in [0.4, 0.5) is 5.69 Å². The van der Waals surface area contributed by atoms with Crippen LogP contribution in [0.1, 0.15) is 27.4 Å². The number of carbonyl (C=O) groups is 1. The Bertz CT molecular complexity index is 652. The number of hydrogen-bond acceptors (Lipinski definition) is 3. The summed E-state index contributed by atoms with van der Waals surface area (Å²) < 4.78 is 0. The molecule has 0 unspecified atom stereocenters. The molecule has 0 fully saturated rings. The lowest BCUT2D eigenvalue weighted by Gasteiger charge is -2.18. The van der Waals surface area contributed by atoms with Gasteiger partial charge in [-0.05, 0) is 31.9 Å². The third kappa shape index (κ3) is 1.99. The number of carbonyl (C=O) groups excluding carboxylic acids is 1. The maximum absolute atomic E-state index is 12.6. The Morgan fingerprint density at radius 3 is 2.84 bits per heavy atom. The normalized spacial score (nSPS) is 13.5. The number of fused-ring (bicyclic) bond motifs is 1. The molecule has 0 N–H and O–H groups in total. The maximum Gasteiger partial charge on any atom is 0.261 e. The van der Waals surface area contributed by atoms with Gasteiger partial charge in [-0.2, -0.15) is 0 Å². The molecule has 0 atom stereocenters. The van der Waals surface area contributed by atoms with Crippen LogP contribution >= 0.6 is 0 Å². The average Bonchev–Trinajstić information content (AvgIpc) is 2.82. The first kappa shape index (κ1) is 11.8. The molecule has 1 aromatic heterocycles. The van der Waals surface area contributed by atoms with Gasteiger partial charge in [0.15, 0.2) is 0 Å². The van der Waals surface area contributed by atoms with Crippen molar-refractivity contribution in [3.05, 3.63) is 53.1 Å². The van der Waals surface area contributed by atoms with Crippen LogP contribution in [0.5, 0.6) is 0 Å². The van der Waals surface area contributed by atoms with Gasteiger partial charge in [-0.15, -0.1) is 0 Å². The van der Waals surface area contributed by atoms with Crippen LogP contribution in [-0.2, 0) is 6.42 Å². The molecular formula is C15H15N3O. The molecule has 0 spiro atoms. The number of rotatable bonds is 1. The molecule has 1 aliphatic heterocycles. The van der Waals surface area contributed by atoms with Crippen LogP contribution in [0.15, 0.2) is 30.5 Å². The van der Waals surface area contributed by atoms with Gasteiger partial charge in [0.2, 0.25) is 0 Å². The highest BCUT2D eigenvalue weighted by atomic mass is 16.2. The molecule has 0 saturated heterocycles. The molecule has 4 nitrogen and oxygen atoms in total. The Kier molecular flexibility index (Phi) is 2.78. The van der Waals surface area contributed by atoms with Gasteiger partial charge in [0, 0.05) is 18.4 Å². The molecule has 0 bridgehead atoms. The minimum Gasteiger partial charge on any atom is -0.308 e. The summed E-state index contributed by atoms with van der Waals surface area (Å²) in [5.74, 6) is 0.679. The third-order valence-electron chi connectivity index (χ3n) is 3.46. The van der Waals surface area contributed by atoms with Gasteiger partial charge in [0.05, 0.1) is 11.3 Å². The van der Waals surface area contributed by atoms with Crippen LogP contribution in [0.3, 0.4) is 0 Å². The molecule has 1 amide bonds. The Balaban J connectivity index is 1.98. The molecule has 4 heteroatoms. The summed E-state index contributed by atoms with van der Waals surface area (Å²) in [6.07, 6.45) is 2.54. The predicted octanol–water partition coefficient (Wildman–Crippen LogP) is 2.30. The summed E-state index contributed by atoms with van der Waals surface area (Å²) in [5, 5.41) is 0. The van der Waals surface area contributed by atoms with Crippen LogP contribution < -0.4 is 4.90 Å². The lowest BCUT2D eigenvalue weighted by atomic mass is 10.1. The summed E-state index contributed by atoms with van der Waals surface area (Å²) in [4.78, 5) is 22.8. The van der Waals surface area contributed by atoms with E-state index in [1.54, 1.807) is 6.20 Å². The fourth-order valence-corrected chi connectivity index (χ4v) is 2.49. The van der Waals surface area contributed by atoms with Gasteiger partial charge >= 0.3 is 0 Å². The van der Waals surface area contributed by atoms with Crippen molar-refractivity contribution in [3.8, 4) is 0 Å². The monoisotopic (exact) mass is 253 g/mol. The number of para-hydroxylation sites is 1. The van der Waals surface area contributed by atoms with Crippen molar-refractivity contribution in [1.82, 2.24) is 9.97 Å². The summed E-state index contributed by atoms with van der Waals surface area (Å²) in [7, 11) is 0. The lowest BCUT2D eigenvalue weighted by molar-refractivity contribution is 0.0988. The first-order valence-electron chi connectivity index (χ1n) is 6.37. The molecule has 3 rings (SSSR count). The minimum absolute atomic E-state index is 0.0116. The van der Waals surface area contributed by atoms with Crippen molar-refractivity contribution >= 4 is 11.6 Å². The largest absolute Gasteiger partial charge is 0.308 e. The highest BCUT2D eigenvalue weighted by molar-refractivity contribution is 6.07. The van der Waals surface area contributed by atoms with Crippen LogP contribution in [-0.4, -0.2) is 22.4 Å². The van der Waals surface area contributed by atoms with Gasteiger partial charge in [-0.3, -0.25) is 4.79 Å². The number of hydrogen-bond donors (Lipinski definition) is 0. The van der Waals surface area contributed by atoms with Gasteiger partial charge in [0.25, 0.3) is 5.91 Å². The molecule has 0 aliphatic carbocycles. The van der Waals surface area contributed by atoms with Crippen molar-refractivity contribution in [2.24, 2.45) is 0 Å². The lowest BCUT2D eigenvalue weighted by Crippen LogP contribution is -2.30. The maximum atomic E-state index is 12.6. The van der Waals surface area contributed by atoms with Gasteiger partial charge < -0.3 is 4.90 Å². The molecule has 0 saturated carbocycles. The molecule has 96 valence electrons. The SMILES string of the molecule is Cc1ncc(C(=O)N2CCc3ccccc32)c(C)n1. The van der Waals surface area contributed by atoms with E-state index in [0.717, 1.165) is 24.3 Å². The summed E-state index contributed by atoms with van der Waals surface area (Å²) in [6.45, 7) is 4.40. The molecule has 2 aromatic rings. The van der Waals surface area contributed by atoms with E-state index >= 15 is 0 Å². The van der Waals surface area contributed by atoms with E-state index in [-0.39, 0.29) is 5.91 Å². The Morgan fingerprint density at radius 2 is 2.05 bits per heavy atom.